The molecule has 0 radical (unpaired) electrons. The summed E-state index contributed by atoms with van der Waals surface area (Å²) in [4.78, 5) is 15.6. The number of aromatic nitrogens is 4. The second-order valence-electron chi connectivity index (χ2n) is 16.3. The van der Waals surface area contributed by atoms with Crippen molar-refractivity contribution in [2.24, 2.45) is 0 Å². The van der Waals surface area contributed by atoms with Crippen LogP contribution in [0.1, 0.15) is 0 Å². The van der Waals surface area contributed by atoms with Gasteiger partial charge in [-0.15, -0.1) is 11.3 Å². The van der Waals surface area contributed by atoms with E-state index in [1.165, 1.54) is 47.1 Å². The van der Waals surface area contributed by atoms with Crippen molar-refractivity contribution in [2.45, 2.75) is 0 Å². The summed E-state index contributed by atoms with van der Waals surface area (Å²) in [5, 5.41) is 14.0. The van der Waals surface area contributed by atoms with E-state index in [4.69, 9.17) is 19.4 Å². The van der Waals surface area contributed by atoms with Crippen molar-refractivity contribution in [3.63, 3.8) is 0 Å². The van der Waals surface area contributed by atoms with Crippen molar-refractivity contribution in [3.05, 3.63) is 194 Å². The van der Waals surface area contributed by atoms with Gasteiger partial charge in [-0.1, -0.05) is 140 Å². The van der Waals surface area contributed by atoms with Crippen molar-refractivity contribution >= 4 is 108 Å². The van der Waals surface area contributed by atoms with E-state index < -0.39 is 0 Å². The molecule has 0 unspecified atom stereocenters. The van der Waals surface area contributed by atoms with Crippen LogP contribution in [0.2, 0.25) is 0 Å². The minimum absolute atomic E-state index is 0.605. The third kappa shape index (κ3) is 5.13. The molecule has 0 aliphatic heterocycles. The molecular formula is C57H32N4OS. The third-order valence-electron chi connectivity index (χ3n) is 12.8. The molecule has 4 aromatic heterocycles. The first-order valence-corrected chi connectivity index (χ1v) is 22.0. The number of rotatable bonds is 4. The number of thiophene rings is 1. The Morgan fingerprint density at radius 1 is 0.381 bits per heavy atom. The zero-order valence-electron chi connectivity index (χ0n) is 33.6. The molecule has 14 rings (SSSR count). The molecule has 14 aromatic rings. The lowest BCUT2D eigenvalue weighted by molar-refractivity contribution is 0.672. The molecule has 0 fully saturated rings. The van der Waals surface area contributed by atoms with Gasteiger partial charge in [0.05, 0.1) is 16.7 Å². The Morgan fingerprint density at radius 2 is 1.06 bits per heavy atom. The molecular weight excluding hydrogens is 789 g/mol. The van der Waals surface area contributed by atoms with E-state index >= 15 is 0 Å². The zero-order valence-corrected chi connectivity index (χ0v) is 34.4. The maximum absolute atomic E-state index is 6.82. The molecule has 5 nitrogen and oxygen atoms in total. The van der Waals surface area contributed by atoms with Crippen LogP contribution in [0.4, 0.5) is 0 Å². The summed E-state index contributed by atoms with van der Waals surface area (Å²) in [6.45, 7) is 0. The highest BCUT2D eigenvalue weighted by atomic mass is 32.1. The van der Waals surface area contributed by atoms with Crippen molar-refractivity contribution in [2.75, 3.05) is 0 Å². The fourth-order valence-corrected chi connectivity index (χ4v) is 11.1. The minimum Gasteiger partial charge on any atom is -0.455 e. The van der Waals surface area contributed by atoms with Crippen molar-refractivity contribution in [3.8, 4) is 39.9 Å². The molecule has 10 aromatic carbocycles. The number of furan rings is 1. The van der Waals surface area contributed by atoms with Crippen LogP contribution in [0.25, 0.3) is 136 Å². The van der Waals surface area contributed by atoms with E-state index in [9.17, 15) is 0 Å². The van der Waals surface area contributed by atoms with Crippen molar-refractivity contribution in [1.29, 1.82) is 0 Å². The second kappa shape index (κ2) is 13.2. The summed E-state index contributed by atoms with van der Waals surface area (Å²) in [7, 11) is 0. The summed E-state index contributed by atoms with van der Waals surface area (Å²) >= 11 is 1.79. The normalized spacial score (nSPS) is 12.1. The van der Waals surface area contributed by atoms with Crippen LogP contribution >= 0.6 is 11.3 Å². The molecule has 0 N–H and O–H groups in total. The largest absolute Gasteiger partial charge is 0.455 e. The maximum atomic E-state index is 6.82. The van der Waals surface area contributed by atoms with Gasteiger partial charge in [0.15, 0.2) is 17.5 Å². The highest BCUT2D eigenvalue weighted by Crippen LogP contribution is 2.45. The van der Waals surface area contributed by atoms with E-state index in [1.807, 2.05) is 18.2 Å². The Hall–Kier alpha value is -8.19. The lowest BCUT2D eigenvalue weighted by Gasteiger charge is -2.13. The van der Waals surface area contributed by atoms with E-state index in [0.717, 1.165) is 71.5 Å². The highest BCUT2D eigenvalue weighted by molar-refractivity contribution is 7.25. The van der Waals surface area contributed by atoms with Crippen LogP contribution in [-0.2, 0) is 0 Å². The number of hydrogen-bond donors (Lipinski definition) is 0. The Morgan fingerprint density at radius 3 is 1.92 bits per heavy atom. The van der Waals surface area contributed by atoms with Gasteiger partial charge in [0.1, 0.15) is 11.2 Å². The van der Waals surface area contributed by atoms with Gasteiger partial charge in [0.25, 0.3) is 0 Å². The smallest absolute Gasteiger partial charge is 0.164 e. The number of benzene rings is 10. The van der Waals surface area contributed by atoms with Crippen LogP contribution in [0.15, 0.2) is 199 Å². The van der Waals surface area contributed by atoms with Gasteiger partial charge in [-0.25, -0.2) is 15.0 Å². The lowest BCUT2D eigenvalue weighted by atomic mass is 10.0. The van der Waals surface area contributed by atoms with E-state index in [-0.39, 0.29) is 0 Å². The molecule has 0 saturated heterocycles. The molecule has 0 spiro atoms. The first-order valence-electron chi connectivity index (χ1n) is 21.2. The fraction of sp³-hybridized carbons (Fsp3) is 0. The van der Waals surface area contributed by atoms with Gasteiger partial charge in [-0.2, -0.15) is 0 Å². The van der Waals surface area contributed by atoms with Gasteiger partial charge in [0.2, 0.25) is 0 Å². The average Bonchev–Trinajstić information content (AvgIpc) is 4.02. The SMILES string of the molecule is c1ccc(-c2nc(-c3ccc4oc5c6ccccc6c(-n6c7cc8ccccc8cc7c7c8ccccc8ccc76)cc5c4c3)nc(-c3cccc4sc5ccccc5c34)n2)cc1. The molecule has 0 bridgehead atoms. The molecule has 0 saturated carbocycles. The summed E-state index contributed by atoms with van der Waals surface area (Å²) in [6.07, 6.45) is 0. The van der Waals surface area contributed by atoms with Gasteiger partial charge in [-0.05, 0) is 76.1 Å². The molecule has 0 amide bonds. The Labute approximate surface area is 363 Å². The topological polar surface area (TPSA) is 56.7 Å². The van der Waals surface area contributed by atoms with E-state index in [0.29, 0.717) is 17.5 Å². The second-order valence-corrected chi connectivity index (χ2v) is 17.4. The molecule has 63 heavy (non-hydrogen) atoms. The first kappa shape index (κ1) is 34.5. The minimum atomic E-state index is 0.605. The van der Waals surface area contributed by atoms with Crippen LogP contribution in [0.3, 0.4) is 0 Å². The van der Waals surface area contributed by atoms with Gasteiger partial charge in [-0.3, -0.25) is 0 Å². The number of hydrogen-bond acceptors (Lipinski definition) is 5. The number of nitrogens with zero attached hydrogens (tertiary/aromatic N) is 4. The zero-order chi connectivity index (χ0) is 41.2. The molecule has 6 heteroatoms. The number of fused-ring (bicyclic) bond motifs is 14. The average molecular weight is 821 g/mol. The van der Waals surface area contributed by atoms with E-state index in [2.05, 4.69) is 180 Å². The predicted molar refractivity (Wildman–Crippen MR) is 263 cm³/mol. The molecule has 0 aliphatic rings. The van der Waals surface area contributed by atoms with Crippen molar-refractivity contribution in [1.82, 2.24) is 19.5 Å². The lowest BCUT2D eigenvalue weighted by Crippen LogP contribution is -2.00. The molecule has 0 atom stereocenters. The van der Waals surface area contributed by atoms with Crippen LogP contribution in [0.5, 0.6) is 0 Å². The quantitative estimate of drug-likeness (QED) is 0.177. The van der Waals surface area contributed by atoms with Crippen molar-refractivity contribution < 1.29 is 4.42 Å². The standard InChI is InChI=1S/C57H32N4OS/c1-2-14-34(15-3-1)55-58-56(60-57(59-55)42-22-12-24-51-53(42)41-21-10-11-23-50(41)63-51)37-26-28-49-43(30-37)44-32-48(39-19-8-9-20-40(39)54(44)62-49)61-46-27-25-33-13-6-7-18-38(33)52(46)45-29-35-16-4-5-17-36(35)31-47(45)61/h1-32H. The molecule has 4 heterocycles. The highest BCUT2D eigenvalue weighted by Gasteiger charge is 2.22. The van der Waals surface area contributed by atoms with Gasteiger partial charge in [0, 0.05) is 69.2 Å². The summed E-state index contributed by atoms with van der Waals surface area (Å²) in [5.74, 6) is 1.88. The molecule has 292 valence electrons. The van der Waals surface area contributed by atoms with E-state index in [1.54, 1.807) is 11.3 Å². The van der Waals surface area contributed by atoms with Crippen LogP contribution in [-0.4, -0.2) is 19.5 Å². The maximum Gasteiger partial charge on any atom is 0.164 e. The third-order valence-corrected chi connectivity index (χ3v) is 13.9. The van der Waals surface area contributed by atoms with Crippen LogP contribution in [0, 0.1) is 0 Å². The summed E-state index contributed by atoms with van der Waals surface area (Å²) < 4.78 is 11.7. The Bertz CT molecular complexity index is 4220. The van der Waals surface area contributed by atoms with Gasteiger partial charge >= 0.3 is 0 Å². The monoisotopic (exact) mass is 820 g/mol. The predicted octanol–water partition coefficient (Wildman–Crippen LogP) is 15.7. The fourth-order valence-electron chi connectivity index (χ4n) is 9.94. The van der Waals surface area contributed by atoms with Gasteiger partial charge < -0.3 is 8.98 Å². The summed E-state index contributed by atoms with van der Waals surface area (Å²) in [5.41, 5.74) is 7.90. The summed E-state index contributed by atoms with van der Waals surface area (Å²) in [6, 6.07) is 69.1. The Balaban J connectivity index is 1.04. The Kier molecular flexibility index (Phi) is 7.21. The first-order chi connectivity index (χ1) is 31.2. The molecule has 0 aliphatic carbocycles. The van der Waals surface area contributed by atoms with Crippen LogP contribution < -0.4 is 0 Å².